The van der Waals surface area contributed by atoms with Gasteiger partial charge in [-0.2, -0.15) is 0 Å². The molecule has 0 spiro atoms. The molecule has 3 aromatic rings. The lowest BCUT2D eigenvalue weighted by atomic mass is 10.2. The second-order valence-electron chi connectivity index (χ2n) is 6.74. The molecule has 9 heteroatoms. The van der Waals surface area contributed by atoms with E-state index in [4.69, 9.17) is 30.8 Å². The van der Waals surface area contributed by atoms with Crippen molar-refractivity contribution in [3.05, 3.63) is 49.7 Å². The number of nitrogens with zero attached hydrogens (tertiary/aromatic N) is 3. The molecule has 1 aromatic carbocycles. The highest BCUT2D eigenvalue weighted by atomic mass is 35.5. The van der Waals surface area contributed by atoms with Crippen molar-refractivity contribution in [2.24, 2.45) is 0 Å². The molecule has 1 aliphatic rings. The molecule has 0 aliphatic carbocycles. The van der Waals surface area contributed by atoms with E-state index >= 15 is 0 Å². The van der Waals surface area contributed by atoms with E-state index < -0.39 is 0 Å². The Morgan fingerprint density at radius 1 is 1.14 bits per heavy atom. The smallest absolute Gasteiger partial charge is 0.261 e. The maximum Gasteiger partial charge on any atom is 0.261 e. The Hall–Kier alpha value is -2.13. The van der Waals surface area contributed by atoms with E-state index in [2.05, 4.69) is 4.90 Å². The molecule has 0 amide bonds. The summed E-state index contributed by atoms with van der Waals surface area (Å²) >= 11 is 7.56. The summed E-state index contributed by atoms with van der Waals surface area (Å²) in [6.07, 6.45) is 0. The van der Waals surface area contributed by atoms with Crippen molar-refractivity contribution in [2.45, 2.75) is 13.1 Å². The normalized spacial score (nSPS) is 15.0. The highest BCUT2D eigenvalue weighted by Crippen LogP contribution is 2.30. The number of aromatic nitrogens is 2. The topological polar surface area (TPSA) is 65.8 Å². The van der Waals surface area contributed by atoms with Gasteiger partial charge in [0.1, 0.15) is 5.82 Å². The fourth-order valence-electron chi connectivity index (χ4n) is 3.43. The summed E-state index contributed by atoms with van der Waals surface area (Å²) in [5.41, 5.74) is 0.486. The van der Waals surface area contributed by atoms with Crippen LogP contribution in [0.25, 0.3) is 10.9 Å². The van der Waals surface area contributed by atoms with Crippen LogP contribution in [0, 0.1) is 0 Å². The van der Waals surface area contributed by atoms with Crippen LogP contribution in [0.3, 0.4) is 0 Å². The molecular weight excluding hydrogens is 414 g/mol. The highest BCUT2D eigenvalue weighted by molar-refractivity contribution is 7.16. The zero-order valence-electron chi connectivity index (χ0n) is 16.3. The van der Waals surface area contributed by atoms with Crippen LogP contribution >= 0.6 is 22.9 Å². The number of hydrogen-bond acceptors (Lipinski definition) is 7. The number of fused-ring (bicyclic) bond motifs is 1. The molecule has 4 rings (SSSR count). The quantitative estimate of drug-likeness (QED) is 0.593. The molecule has 1 aliphatic heterocycles. The van der Waals surface area contributed by atoms with Crippen LogP contribution in [0.4, 0.5) is 0 Å². The average Bonchev–Trinajstić information content (AvgIpc) is 3.15. The Morgan fingerprint density at radius 2 is 1.86 bits per heavy atom. The van der Waals surface area contributed by atoms with E-state index in [0.29, 0.717) is 58.9 Å². The van der Waals surface area contributed by atoms with Crippen LogP contribution in [-0.4, -0.2) is 55.0 Å². The molecule has 0 bridgehead atoms. The molecule has 29 heavy (non-hydrogen) atoms. The number of halogens is 1. The number of benzene rings is 1. The summed E-state index contributed by atoms with van der Waals surface area (Å²) in [5.74, 6) is 1.76. The molecule has 1 saturated heterocycles. The van der Waals surface area contributed by atoms with Crippen LogP contribution in [0.2, 0.25) is 4.34 Å². The van der Waals surface area contributed by atoms with Gasteiger partial charge in [-0.05, 0) is 18.2 Å². The molecule has 0 atom stereocenters. The first-order valence-corrected chi connectivity index (χ1v) is 10.5. The van der Waals surface area contributed by atoms with Crippen LogP contribution in [0.1, 0.15) is 10.7 Å². The monoisotopic (exact) mass is 435 g/mol. The first-order valence-electron chi connectivity index (χ1n) is 9.29. The van der Waals surface area contributed by atoms with Crippen molar-refractivity contribution in [3.63, 3.8) is 0 Å². The second kappa shape index (κ2) is 8.71. The third-order valence-electron chi connectivity index (χ3n) is 4.95. The third-order valence-corrected chi connectivity index (χ3v) is 6.17. The van der Waals surface area contributed by atoms with Crippen LogP contribution < -0.4 is 15.0 Å². The van der Waals surface area contributed by atoms with E-state index in [1.807, 2.05) is 12.1 Å². The second-order valence-corrected chi connectivity index (χ2v) is 8.54. The minimum atomic E-state index is -0.108. The van der Waals surface area contributed by atoms with Crippen molar-refractivity contribution in [3.8, 4) is 11.5 Å². The van der Waals surface area contributed by atoms with E-state index in [9.17, 15) is 4.79 Å². The maximum absolute atomic E-state index is 13.4. The molecular formula is C20H22ClN3O4S. The van der Waals surface area contributed by atoms with Crippen LogP contribution in [0.5, 0.6) is 11.5 Å². The molecule has 7 nitrogen and oxygen atoms in total. The molecule has 3 heterocycles. The highest BCUT2D eigenvalue weighted by Gasteiger charge is 2.19. The van der Waals surface area contributed by atoms with Crippen molar-refractivity contribution < 1.29 is 14.2 Å². The fourth-order valence-corrected chi connectivity index (χ4v) is 4.51. The number of hydrogen-bond donors (Lipinski definition) is 0. The Morgan fingerprint density at radius 3 is 2.52 bits per heavy atom. The first-order chi connectivity index (χ1) is 14.1. The van der Waals surface area contributed by atoms with Gasteiger partial charge in [0.25, 0.3) is 5.56 Å². The summed E-state index contributed by atoms with van der Waals surface area (Å²) in [6, 6.07) is 7.23. The predicted molar refractivity (Wildman–Crippen MR) is 114 cm³/mol. The van der Waals surface area contributed by atoms with Gasteiger partial charge in [-0.25, -0.2) is 4.98 Å². The number of ether oxygens (including phenoxy) is 3. The third kappa shape index (κ3) is 4.25. The van der Waals surface area contributed by atoms with Crippen LogP contribution in [0.15, 0.2) is 29.1 Å². The standard InChI is InChI=1S/C20H22ClN3O4S/c1-26-16-9-14-15(10-17(16)27-2)22-19(12-23-5-7-28-8-6-23)24(20(14)25)11-13-3-4-18(21)29-13/h3-4,9-10H,5-8,11-12H2,1-2H3. The number of thiophene rings is 1. The van der Waals surface area contributed by atoms with Gasteiger partial charge in [0.05, 0.1) is 55.8 Å². The molecule has 0 saturated carbocycles. The lowest BCUT2D eigenvalue weighted by Crippen LogP contribution is -2.38. The Labute approximate surface area is 177 Å². The zero-order valence-corrected chi connectivity index (χ0v) is 17.9. The summed E-state index contributed by atoms with van der Waals surface area (Å²) in [7, 11) is 3.12. The Bertz CT molecular complexity index is 1080. The largest absolute Gasteiger partial charge is 0.493 e. The van der Waals surface area contributed by atoms with Gasteiger partial charge < -0.3 is 14.2 Å². The fraction of sp³-hybridized carbons (Fsp3) is 0.400. The molecule has 0 N–H and O–H groups in total. The summed E-state index contributed by atoms with van der Waals surface area (Å²) in [6.45, 7) is 3.98. The SMILES string of the molecule is COc1cc2nc(CN3CCOCC3)n(Cc3ccc(Cl)s3)c(=O)c2cc1OC. The van der Waals surface area contributed by atoms with Crippen molar-refractivity contribution in [1.29, 1.82) is 0 Å². The first kappa shape index (κ1) is 20.2. The van der Waals surface area contributed by atoms with E-state index in [1.165, 1.54) is 11.3 Å². The lowest BCUT2D eigenvalue weighted by Gasteiger charge is -2.27. The van der Waals surface area contributed by atoms with Gasteiger partial charge >= 0.3 is 0 Å². The average molecular weight is 436 g/mol. The molecule has 2 aromatic heterocycles. The summed E-state index contributed by atoms with van der Waals surface area (Å²) in [5, 5.41) is 0.496. The van der Waals surface area contributed by atoms with Gasteiger partial charge in [0, 0.05) is 24.0 Å². The minimum absolute atomic E-state index is 0.108. The molecule has 0 radical (unpaired) electrons. The van der Waals surface area contributed by atoms with Crippen molar-refractivity contribution in [1.82, 2.24) is 14.5 Å². The summed E-state index contributed by atoms with van der Waals surface area (Å²) < 4.78 is 18.6. The van der Waals surface area contributed by atoms with Crippen molar-refractivity contribution in [2.75, 3.05) is 40.5 Å². The van der Waals surface area contributed by atoms with Gasteiger partial charge in [0.15, 0.2) is 11.5 Å². The molecule has 154 valence electrons. The molecule has 0 unspecified atom stereocenters. The van der Waals surface area contributed by atoms with Crippen LogP contribution in [-0.2, 0) is 17.8 Å². The Kier molecular flexibility index (Phi) is 6.05. The van der Waals surface area contributed by atoms with Gasteiger partial charge in [-0.1, -0.05) is 11.6 Å². The Balaban J connectivity index is 1.84. The van der Waals surface area contributed by atoms with Gasteiger partial charge in [-0.3, -0.25) is 14.3 Å². The van der Waals surface area contributed by atoms with E-state index in [-0.39, 0.29) is 5.56 Å². The predicted octanol–water partition coefficient (Wildman–Crippen LogP) is 3.01. The lowest BCUT2D eigenvalue weighted by molar-refractivity contribution is 0.0325. The molecule has 1 fully saturated rings. The van der Waals surface area contributed by atoms with Gasteiger partial charge in [-0.15, -0.1) is 11.3 Å². The maximum atomic E-state index is 13.4. The zero-order chi connectivity index (χ0) is 20.4. The van der Waals surface area contributed by atoms with Crippen molar-refractivity contribution >= 4 is 33.8 Å². The van der Waals surface area contributed by atoms with Gasteiger partial charge in [0.2, 0.25) is 0 Å². The van der Waals surface area contributed by atoms with E-state index in [0.717, 1.165) is 18.0 Å². The van der Waals surface area contributed by atoms with E-state index in [1.54, 1.807) is 30.9 Å². The number of morpholine rings is 1. The summed E-state index contributed by atoms with van der Waals surface area (Å²) in [4.78, 5) is 21.5. The number of rotatable bonds is 6. The number of methoxy groups -OCH3 is 2. The minimum Gasteiger partial charge on any atom is -0.493 e.